The molecule has 6 nitrogen and oxygen atoms in total. The number of amides is 1. The summed E-state index contributed by atoms with van der Waals surface area (Å²) in [6.07, 6.45) is 1.01. The molecule has 6 heteroatoms. The maximum Gasteiger partial charge on any atom is 0.411 e. The fraction of sp³-hybridized carbons (Fsp3) is 0.333. The number of hydrogen-bond donors (Lipinski definition) is 1. The number of aliphatic hydroxyl groups is 1. The molecule has 2 unspecified atom stereocenters. The number of benzene rings is 2. The van der Waals surface area contributed by atoms with Crippen molar-refractivity contribution in [2.45, 2.75) is 36.9 Å². The van der Waals surface area contributed by atoms with Crippen LogP contribution in [0, 0.1) is 0 Å². The van der Waals surface area contributed by atoms with Crippen LogP contribution in [0.25, 0.3) is 11.1 Å². The molecule has 0 aliphatic heterocycles. The summed E-state index contributed by atoms with van der Waals surface area (Å²) in [6, 6.07) is 15.0. The Morgan fingerprint density at radius 3 is 2.27 bits per heavy atom. The smallest absolute Gasteiger partial charge is 0.411 e. The Bertz CT molecular complexity index is 942. The van der Waals surface area contributed by atoms with Crippen LogP contribution in [0.5, 0.6) is 0 Å². The number of carbonyl (C=O) groups is 2. The highest BCUT2D eigenvalue weighted by molar-refractivity contribution is 5.89. The highest BCUT2D eigenvalue weighted by atomic mass is 16.6. The quantitative estimate of drug-likeness (QED) is 0.602. The lowest BCUT2D eigenvalue weighted by atomic mass is 9.88. The average molecular weight is 407 g/mol. The Balaban J connectivity index is 1.93. The van der Waals surface area contributed by atoms with Crippen LogP contribution < -0.4 is 0 Å². The van der Waals surface area contributed by atoms with Gasteiger partial charge in [0, 0.05) is 0 Å². The van der Waals surface area contributed by atoms with Gasteiger partial charge in [-0.05, 0) is 41.5 Å². The molecule has 1 saturated carbocycles. The Morgan fingerprint density at radius 2 is 1.77 bits per heavy atom. The summed E-state index contributed by atoms with van der Waals surface area (Å²) in [6.45, 7) is 3.59. The van der Waals surface area contributed by atoms with Crippen molar-refractivity contribution in [3.8, 4) is 11.1 Å². The molecule has 2 atom stereocenters. The minimum atomic E-state index is -1.54. The lowest BCUT2D eigenvalue weighted by molar-refractivity contribution is -0.163. The number of rotatable bonds is 5. The number of nitrogens with zero attached hydrogens (tertiary/aromatic N) is 1. The predicted octanol–water partition coefficient (Wildman–Crippen LogP) is 3.84. The van der Waals surface area contributed by atoms with E-state index in [2.05, 4.69) is 6.58 Å². The standard InChI is InChI=1S/C24H25NO5/c1-3-15-30-22(27)24(14-8-13-20(24)26)25(23(28)29-2)21-18-11-6-4-9-16(18)17-10-5-7-12-19(17)21/h3-7,9-12,20-21,26H,1,8,13-15H2,2H3. The summed E-state index contributed by atoms with van der Waals surface area (Å²) in [7, 11) is 1.28. The molecular formula is C24H25NO5. The van der Waals surface area contributed by atoms with Crippen molar-refractivity contribution in [3.63, 3.8) is 0 Å². The normalized spacial score (nSPS) is 22.1. The SMILES string of the molecule is C=CCOC(=O)C1(N(C(=O)OC)C2c3ccccc3-c3ccccc32)CCCC1O. The molecule has 30 heavy (non-hydrogen) atoms. The number of aliphatic hydroxyl groups excluding tert-OH is 1. The van der Waals surface area contributed by atoms with E-state index in [0.717, 1.165) is 22.3 Å². The lowest BCUT2D eigenvalue weighted by Gasteiger charge is -2.44. The predicted molar refractivity (Wildman–Crippen MR) is 112 cm³/mol. The van der Waals surface area contributed by atoms with Crippen LogP contribution in [0.15, 0.2) is 61.2 Å². The maximum absolute atomic E-state index is 13.3. The number of ether oxygens (including phenoxy) is 2. The third kappa shape index (κ3) is 2.91. The van der Waals surface area contributed by atoms with Crippen molar-refractivity contribution in [2.75, 3.05) is 13.7 Å². The number of methoxy groups -OCH3 is 1. The van der Waals surface area contributed by atoms with E-state index < -0.39 is 29.7 Å². The molecule has 0 radical (unpaired) electrons. The Labute approximate surface area is 175 Å². The van der Waals surface area contributed by atoms with Gasteiger partial charge in [-0.25, -0.2) is 9.59 Å². The molecule has 0 saturated heterocycles. The molecule has 156 valence electrons. The average Bonchev–Trinajstić information content (AvgIpc) is 3.32. The summed E-state index contributed by atoms with van der Waals surface area (Å²) in [5, 5.41) is 11.0. The number of carbonyl (C=O) groups excluding carboxylic acids is 2. The van der Waals surface area contributed by atoms with Gasteiger partial charge in [0.2, 0.25) is 0 Å². The van der Waals surface area contributed by atoms with E-state index in [1.807, 2.05) is 48.5 Å². The zero-order valence-electron chi connectivity index (χ0n) is 16.9. The summed E-state index contributed by atoms with van der Waals surface area (Å²) < 4.78 is 10.5. The summed E-state index contributed by atoms with van der Waals surface area (Å²) in [4.78, 5) is 27.9. The first kappa shape index (κ1) is 20.2. The summed E-state index contributed by atoms with van der Waals surface area (Å²) >= 11 is 0. The van der Waals surface area contributed by atoms with Gasteiger partial charge in [0.1, 0.15) is 6.61 Å². The molecule has 2 aromatic carbocycles. The van der Waals surface area contributed by atoms with E-state index in [1.54, 1.807) is 0 Å². The fourth-order valence-electron chi connectivity index (χ4n) is 4.85. The third-order valence-electron chi connectivity index (χ3n) is 6.13. The molecular weight excluding hydrogens is 382 g/mol. The van der Waals surface area contributed by atoms with E-state index in [-0.39, 0.29) is 6.61 Å². The Hall–Kier alpha value is -3.12. The minimum absolute atomic E-state index is 0.000155. The van der Waals surface area contributed by atoms with Crippen LogP contribution in [0.2, 0.25) is 0 Å². The van der Waals surface area contributed by atoms with Gasteiger partial charge >= 0.3 is 12.1 Å². The molecule has 2 aliphatic rings. The number of fused-ring (bicyclic) bond motifs is 3. The summed E-state index contributed by atoms with van der Waals surface area (Å²) in [5.41, 5.74) is 2.23. The highest BCUT2D eigenvalue weighted by Crippen LogP contribution is 2.51. The van der Waals surface area contributed by atoms with Gasteiger partial charge < -0.3 is 14.6 Å². The highest BCUT2D eigenvalue weighted by Gasteiger charge is 2.59. The molecule has 1 fully saturated rings. The molecule has 0 heterocycles. The molecule has 2 aromatic rings. The molecule has 2 aliphatic carbocycles. The lowest BCUT2D eigenvalue weighted by Crippen LogP contribution is -2.63. The zero-order chi connectivity index (χ0) is 21.3. The van der Waals surface area contributed by atoms with Crippen molar-refractivity contribution in [2.24, 2.45) is 0 Å². The number of hydrogen-bond acceptors (Lipinski definition) is 5. The second-order valence-corrected chi connectivity index (χ2v) is 7.64. The molecule has 4 rings (SSSR count). The minimum Gasteiger partial charge on any atom is -0.460 e. The Kier molecular flexibility index (Phi) is 5.35. The number of esters is 1. The van der Waals surface area contributed by atoms with E-state index in [0.29, 0.717) is 19.3 Å². The first-order valence-electron chi connectivity index (χ1n) is 10.1. The molecule has 0 aromatic heterocycles. The van der Waals surface area contributed by atoms with Gasteiger partial charge in [-0.15, -0.1) is 0 Å². The molecule has 1 N–H and O–H groups in total. The van der Waals surface area contributed by atoms with Crippen molar-refractivity contribution in [1.29, 1.82) is 0 Å². The monoisotopic (exact) mass is 407 g/mol. The van der Waals surface area contributed by atoms with Crippen LogP contribution in [0.3, 0.4) is 0 Å². The summed E-state index contributed by atoms with van der Waals surface area (Å²) in [5.74, 6) is -0.639. The second-order valence-electron chi connectivity index (χ2n) is 7.64. The van der Waals surface area contributed by atoms with Crippen molar-refractivity contribution in [3.05, 3.63) is 72.3 Å². The first-order chi connectivity index (χ1) is 14.6. The van der Waals surface area contributed by atoms with Gasteiger partial charge in [0.15, 0.2) is 5.54 Å². The van der Waals surface area contributed by atoms with Crippen molar-refractivity contribution in [1.82, 2.24) is 4.90 Å². The maximum atomic E-state index is 13.3. The van der Waals surface area contributed by atoms with Gasteiger partial charge in [0.05, 0.1) is 19.3 Å². The van der Waals surface area contributed by atoms with Crippen LogP contribution >= 0.6 is 0 Å². The van der Waals surface area contributed by atoms with Gasteiger partial charge in [0.25, 0.3) is 0 Å². The first-order valence-corrected chi connectivity index (χ1v) is 10.1. The van der Waals surface area contributed by atoms with E-state index in [9.17, 15) is 14.7 Å². The molecule has 0 bridgehead atoms. The fourth-order valence-corrected chi connectivity index (χ4v) is 4.85. The van der Waals surface area contributed by atoms with Gasteiger partial charge in [-0.1, -0.05) is 61.2 Å². The van der Waals surface area contributed by atoms with Crippen LogP contribution in [-0.4, -0.2) is 47.4 Å². The van der Waals surface area contributed by atoms with Gasteiger partial charge in [-0.2, -0.15) is 0 Å². The van der Waals surface area contributed by atoms with Gasteiger partial charge in [-0.3, -0.25) is 4.90 Å². The second kappa shape index (κ2) is 7.95. The van der Waals surface area contributed by atoms with E-state index in [1.165, 1.54) is 18.1 Å². The molecule has 0 spiro atoms. The molecule has 1 amide bonds. The topological polar surface area (TPSA) is 76.1 Å². The van der Waals surface area contributed by atoms with E-state index in [4.69, 9.17) is 9.47 Å². The largest absolute Gasteiger partial charge is 0.460 e. The van der Waals surface area contributed by atoms with Crippen molar-refractivity contribution >= 4 is 12.1 Å². The van der Waals surface area contributed by atoms with Crippen molar-refractivity contribution < 1.29 is 24.2 Å². The van der Waals surface area contributed by atoms with E-state index >= 15 is 0 Å². The van der Waals surface area contributed by atoms with Crippen LogP contribution in [0.1, 0.15) is 36.4 Å². The zero-order valence-corrected chi connectivity index (χ0v) is 16.9. The Morgan fingerprint density at radius 1 is 1.17 bits per heavy atom. The van der Waals surface area contributed by atoms with Crippen LogP contribution in [-0.2, 0) is 14.3 Å². The third-order valence-corrected chi connectivity index (χ3v) is 6.13. The van der Waals surface area contributed by atoms with Crippen LogP contribution in [0.4, 0.5) is 4.79 Å².